The molecule has 2 aromatic rings. The molecule has 1 aliphatic heterocycles. The molecule has 2 aliphatic rings. The Bertz CT molecular complexity index is 1170. The number of dihydropyridines is 1. The Hall–Kier alpha value is -3.19. The summed E-state index contributed by atoms with van der Waals surface area (Å²) < 4.78 is 16.3. The average molecular weight is 508 g/mol. The number of ether oxygens (including phenoxy) is 3. The Kier molecular flexibility index (Phi) is 8.41. The van der Waals surface area contributed by atoms with Crippen molar-refractivity contribution in [2.75, 3.05) is 32.3 Å². The summed E-state index contributed by atoms with van der Waals surface area (Å²) in [7, 11) is 3.26. The van der Waals surface area contributed by atoms with E-state index in [1.807, 2.05) is 55.5 Å². The fraction of sp³-hybridized carbons (Fsp3) is 0.379. The molecule has 2 atom stereocenters. The van der Waals surface area contributed by atoms with Crippen LogP contribution < -0.4 is 14.8 Å². The van der Waals surface area contributed by atoms with Crippen LogP contribution in [0.4, 0.5) is 0 Å². The lowest BCUT2D eigenvalue weighted by Gasteiger charge is -2.36. The van der Waals surface area contributed by atoms with Gasteiger partial charge in [-0.05, 0) is 60.4 Å². The molecule has 0 amide bonds. The number of rotatable bonds is 9. The van der Waals surface area contributed by atoms with E-state index in [2.05, 4.69) is 12.2 Å². The van der Waals surface area contributed by atoms with E-state index in [0.29, 0.717) is 30.6 Å². The summed E-state index contributed by atoms with van der Waals surface area (Å²) in [5.41, 5.74) is 4.73. The van der Waals surface area contributed by atoms with E-state index in [1.54, 1.807) is 26.0 Å². The minimum absolute atomic E-state index is 0.0460. The third-order valence-corrected chi connectivity index (χ3v) is 7.61. The number of hydrogen-bond acceptors (Lipinski definition) is 7. The molecule has 1 heterocycles. The zero-order valence-electron chi connectivity index (χ0n) is 21.3. The molecule has 0 saturated heterocycles. The molecule has 0 fully saturated rings. The summed E-state index contributed by atoms with van der Waals surface area (Å²) in [6.45, 7) is 4.30. The lowest BCUT2D eigenvalue weighted by molar-refractivity contribution is -0.138. The quantitative estimate of drug-likeness (QED) is 0.362. The van der Waals surface area contributed by atoms with Crippen LogP contribution in [0, 0.1) is 0 Å². The topological polar surface area (TPSA) is 73.9 Å². The van der Waals surface area contributed by atoms with Crippen LogP contribution in [0.3, 0.4) is 0 Å². The van der Waals surface area contributed by atoms with E-state index in [4.69, 9.17) is 14.2 Å². The van der Waals surface area contributed by atoms with Crippen molar-refractivity contribution in [1.82, 2.24) is 5.32 Å². The number of allylic oxidation sites excluding steroid dienone is 3. The fourth-order valence-electron chi connectivity index (χ4n) is 4.97. The molecule has 4 rings (SSSR count). The summed E-state index contributed by atoms with van der Waals surface area (Å²) in [4.78, 5) is 27.0. The van der Waals surface area contributed by atoms with Gasteiger partial charge in [0.2, 0.25) is 0 Å². The van der Waals surface area contributed by atoms with Crippen LogP contribution in [0.15, 0.2) is 71.1 Å². The van der Waals surface area contributed by atoms with E-state index < -0.39 is 5.92 Å². The van der Waals surface area contributed by atoms with Crippen LogP contribution in [0.2, 0.25) is 0 Å². The second kappa shape index (κ2) is 11.7. The second-order valence-corrected chi connectivity index (χ2v) is 10.3. The van der Waals surface area contributed by atoms with Gasteiger partial charge >= 0.3 is 5.97 Å². The highest BCUT2D eigenvalue weighted by Crippen LogP contribution is 2.46. The van der Waals surface area contributed by atoms with Gasteiger partial charge in [-0.15, -0.1) is 0 Å². The van der Waals surface area contributed by atoms with Crippen LogP contribution in [0.1, 0.15) is 49.7 Å². The third-order valence-electron chi connectivity index (χ3n) is 6.75. The predicted molar refractivity (Wildman–Crippen MR) is 143 cm³/mol. The Morgan fingerprint density at radius 3 is 2.17 bits per heavy atom. The van der Waals surface area contributed by atoms with Gasteiger partial charge in [0, 0.05) is 35.1 Å². The van der Waals surface area contributed by atoms with Crippen molar-refractivity contribution in [2.45, 2.75) is 38.5 Å². The normalized spacial score (nSPS) is 19.5. The van der Waals surface area contributed by atoms with Gasteiger partial charge < -0.3 is 19.5 Å². The Balaban J connectivity index is 1.69. The molecule has 0 unspecified atom stereocenters. The largest absolute Gasteiger partial charge is 0.497 e. The number of nitrogens with one attached hydrogen (secondary N) is 1. The van der Waals surface area contributed by atoms with Crippen molar-refractivity contribution < 1.29 is 23.8 Å². The predicted octanol–water partition coefficient (Wildman–Crippen LogP) is 5.36. The number of Topliss-reactive ketones (excluding diaryl/α,β-unsaturated/α-hetero) is 1. The number of benzene rings is 2. The van der Waals surface area contributed by atoms with Crippen LogP contribution in [0.5, 0.6) is 11.5 Å². The first kappa shape index (κ1) is 25.9. The molecule has 0 spiro atoms. The van der Waals surface area contributed by atoms with Crippen molar-refractivity contribution in [1.29, 1.82) is 0 Å². The number of carbonyl (C=O) groups excluding carboxylic acids is 2. The minimum Gasteiger partial charge on any atom is -0.497 e. The zero-order chi connectivity index (χ0) is 25.7. The molecule has 1 N–H and O–H groups in total. The molecule has 36 heavy (non-hydrogen) atoms. The SMILES string of the molecule is CCSCCOC(=O)C1=C(C)NC2=C(C(=O)C[C@H](c3ccc(OC)cc3)C2)[C@@H]1c1ccc(OC)cc1. The van der Waals surface area contributed by atoms with Crippen LogP contribution in [-0.4, -0.2) is 44.1 Å². The third kappa shape index (κ3) is 5.46. The van der Waals surface area contributed by atoms with E-state index in [1.165, 1.54) is 0 Å². The van der Waals surface area contributed by atoms with Crippen LogP contribution in [0.25, 0.3) is 0 Å². The van der Waals surface area contributed by atoms with Gasteiger partial charge in [-0.2, -0.15) is 11.8 Å². The first-order chi connectivity index (χ1) is 17.5. The van der Waals surface area contributed by atoms with Gasteiger partial charge in [0.1, 0.15) is 18.1 Å². The first-order valence-electron chi connectivity index (χ1n) is 12.2. The minimum atomic E-state index is -0.484. The van der Waals surface area contributed by atoms with E-state index in [-0.39, 0.29) is 17.7 Å². The number of esters is 1. The molecule has 0 bridgehead atoms. The monoisotopic (exact) mass is 507 g/mol. The van der Waals surface area contributed by atoms with Gasteiger partial charge in [-0.25, -0.2) is 4.79 Å². The first-order valence-corrected chi connectivity index (χ1v) is 13.4. The number of carbonyl (C=O) groups is 2. The number of ketones is 1. The number of methoxy groups -OCH3 is 2. The maximum atomic E-state index is 13.7. The number of hydrogen-bond donors (Lipinski definition) is 1. The number of thioether (sulfide) groups is 1. The van der Waals surface area contributed by atoms with Crippen molar-refractivity contribution in [3.63, 3.8) is 0 Å². The van der Waals surface area contributed by atoms with Crippen molar-refractivity contribution in [3.05, 3.63) is 82.2 Å². The van der Waals surface area contributed by atoms with Gasteiger partial charge in [-0.3, -0.25) is 4.79 Å². The highest BCUT2D eigenvalue weighted by atomic mass is 32.2. The van der Waals surface area contributed by atoms with Crippen molar-refractivity contribution in [2.24, 2.45) is 0 Å². The Morgan fingerprint density at radius 1 is 0.972 bits per heavy atom. The fourth-order valence-corrected chi connectivity index (χ4v) is 5.46. The molecule has 1 aliphatic carbocycles. The smallest absolute Gasteiger partial charge is 0.336 e. The molecule has 0 aromatic heterocycles. The van der Waals surface area contributed by atoms with E-state index >= 15 is 0 Å². The summed E-state index contributed by atoms with van der Waals surface area (Å²) in [6, 6.07) is 15.5. The van der Waals surface area contributed by atoms with Crippen LogP contribution in [-0.2, 0) is 14.3 Å². The summed E-state index contributed by atoms with van der Waals surface area (Å²) in [5, 5.41) is 3.41. The molecule has 6 nitrogen and oxygen atoms in total. The highest BCUT2D eigenvalue weighted by Gasteiger charge is 2.41. The maximum absolute atomic E-state index is 13.7. The summed E-state index contributed by atoms with van der Waals surface area (Å²) in [6.07, 6.45) is 1.07. The molecule has 0 saturated carbocycles. The lowest BCUT2D eigenvalue weighted by Crippen LogP contribution is -2.36. The second-order valence-electron chi connectivity index (χ2n) is 8.90. The molecule has 2 aromatic carbocycles. The van der Waals surface area contributed by atoms with Crippen LogP contribution >= 0.6 is 11.8 Å². The van der Waals surface area contributed by atoms with Gasteiger partial charge in [0.05, 0.1) is 19.8 Å². The molecular formula is C29H33NO5S. The summed E-state index contributed by atoms with van der Waals surface area (Å²) >= 11 is 1.72. The van der Waals surface area contributed by atoms with Crippen molar-refractivity contribution >= 4 is 23.5 Å². The zero-order valence-corrected chi connectivity index (χ0v) is 22.1. The molecule has 0 radical (unpaired) electrons. The summed E-state index contributed by atoms with van der Waals surface area (Å²) in [5.74, 6) is 2.45. The molecular weight excluding hydrogens is 474 g/mol. The molecule has 190 valence electrons. The van der Waals surface area contributed by atoms with Gasteiger partial charge in [-0.1, -0.05) is 31.2 Å². The Labute approximate surface area is 217 Å². The Morgan fingerprint density at radius 2 is 1.58 bits per heavy atom. The highest BCUT2D eigenvalue weighted by molar-refractivity contribution is 7.99. The van der Waals surface area contributed by atoms with Gasteiger partial charge in [0.15, 0.2) is 5.78 Å². The van der Waals surface area contributed by atoms with E-state index in [0.717, 1.165) is 45.5 Å². The molecule has 7 heteroatoms. The van der Waals surface area contributed by atoms with Crippen molar-refractivity contribution in [3.8, 4) is 11.5 Å². The maximum Gasteiger partial charge on any atom is 0.336 e. The van der Waals surface area contributed by atoms with E-state index in [9.17, 15) is 9.59 Å². The average Bonchev–Trinajstić information content (AvgIpc) is 2.90. The lowest BCUT2D eigenvalue weighted by atomic mass is 9.71. The standard InChI is InChI=1S/C29H33NO5S/c1-5-36-15-14-35-29(32)26-18(2)30-24-16-21(19-6-10-22(33-3)11-7-19)17-25(31)28(24)27(26)20-8-12-23(34-4)13-9-20/h6-13,21,27,30H,5,14-17H2,1-4H3/t21-,27-/m1/s1. The van der Waals surface area contributed by atoms with Gasteiger partial charge in [0.25, 0.3) is 0 Å².